The second-order valence-electron chi connectivity index (χ2n) is 4.54. The summed E-state index contributed by atoms with van der Waals surface area (Å²) in [4.78, 5) is 14.1. The number of ether oxygens (including phenoxy) is 1. The van der Waals surface area contributed by atoms with E-state index < -0.39 is 11.5 Å². The zero-order valence-electron chi connectivity index (χ0n) is 13.8. The van der Waals surface area contributed by atoms with Crippen molar-refractivity contribution in [2.45, 2.75) is 44.6 Å². The van der Waals surface area contributed by atoms with Crippen LogP contribution >= 0.6 is 0 Å². The van der Waals surface area contributed by atoms with Crippen molar-refractivity contribution < 1.29 is 9.53 Å². The first-order chi connectivity index (χ1) is 11.7. The van der Waals surface area contributed by atoms with E-state index in [0.29, 0.717) is 12.8 Å². The number of rotatable bonds is 2. The number of terminal acetylenes is 1. The Morgan fingerprint density at radius 2 is 1.62 bits per heavy atom. The third-order valence-corrected chi connectivity index (χ3v) is 3.05. The molecule has 0 bridgehead atoms. The van der Waals surface area contributed by atoms with Crippen molar-refractivity contribution in [2.24, 2.45) is 5.11 Å². The van der Waals surface area contributed by atoms with Gasteiger partial charge < -0.3 is 4.74 Å². The molecule has 120 valence electrons. The van der Waals surface area contributed by atoms with Crippen LogP contribution in [-0.4, -0.2) is 18.6 Å². The Morgan fingerprint density at radius 1 is 1.08 bits per heavy atom. The van der Waals surface area contributed by atoms with E-state index in [1.54, 1.807) is 6.92 Å². The molecule has 0 amide bonds. The fourth-order valence-electron chi connectivity index (χ4n) is 2.01. The zero-order valence-corrected chi connectivity index (χ0v) is 13.8. The maximum Gasteiger partial charge on any atom is 0.317 e. The van der Waals surface area contributed by atoms with Gasteiger partial charge >= 0.3 is 5.97 Å². The lowest BCUT2D eigenvalue weighted by atomic mass is 9.82. The Balaban J connectivity index is 0.000000449. The highest BCUT2D eigenvalue weighted by Crippen LogP contribution is 2.32. The molecule has 0 radical (unpaired) electrons. The number of azide groups is 1. The number of hydrogen-bond donors (Lipinski definition) is 0. The standard InChI is InChI=1S/C11H4.C8H13N3O2/c1-3-5-7-9-11-10-8-6-4-2;1-13-7(12)8(10-11-9)5-3-2-4-6-8/h1H,2H3;2-6H2,1H3. The van der Waals surface area contributed by atoms with Gasteiger partial charge in [0.05, 0.1) is 7.11 Å². The van der Waals surface area contributed by atoms with E-state index in [1.165, 1.54) is 7.11 Å². The molecule has 0 aromatic carbocycles. The molecule has 24 heavy (non-hydrogen) atoms. The second kappa shape index (κ2) is 13.3. The Labute approximate surface area is 143 Å². The summed E-state index contributed by atoms with van der Waals surface area (Å²) in [7, 11) is 1.32. The first kappa shape index (κ1) is 20.6. The lowest BCUT2D eigenvalue weighted by Crippen LogP contribution is -2.39. The summed E-state index contributed by atoms with van der Waals surface area (Å²) in [6.07, 6.45) is 9.02. The number of nitrogens with zero attached hydrogens (tertiary/aromatic N) is 3. The van der Waals surface area contributed by atoms with Crippen LogP contribution in [0.15, 0.2) is 5.11 Å². The predicted molar refractivity (Wildman–Crippen MR) is 92.6 cm³/mol. The van der Waals surface area contributed by atoms with Gasteiger partial charge in [0, 0.05) is 4.91 Å². The molecular weight excluding hydrogens is 302 g/mol. The molecule has 0 atom stereocenters. The van der Waals surface area contributed by atoms with Gasteiger partial charge in [0.1, 0.15) is 5.54 Å². The van der Waals surface area contributed by atoms with Gasteiger partial charge in [0.15, 0.2) is 0 Å². The van der Waals surface area contributed by atoms with Gasteiger partial charge in [-0.25, -0.2) is 0 Å². The summed E-state index contributed by atoms with van der Waals surface area (Å²) in [5.74, 6) is 21.6. The van der Waals surface area contributed by atoms with Crippen LogP contribution in [0.5, 0.6) is 0 Å². The average Bonchev–Trinajstić information content (AvgIpc) is 2.62. The Kier molecular flexibility index (Phi) is 11.4. The zero-order chi connectivity index (χ0) is 18.1. The monoisotopic (exact) mass is 319 g/mol. The van der Waals surface area contributed by atoms with Gasteiger partial charge in [-0.2, -0.15) is 0 Å². The summed E-state index contributed by atoms with van der Waals surface area (Å²) in [5.41, 5.74) is 7.46. The maximum atomic E-state index is 11.4. The highest BCUT2D eigenvalue weighted by Gasteiger charge is 2.39. The van der Waals surface area contributed by atoms with Crippen LogP contribution in [-0.2, 0) is 9.53 Å². The Morgan fingerprint density at radius 3 is 2.08 bits per heavy atom. The highest BCUT2D eigenvalue weighted by molar-refractivity contribution is 5.81. The van der Waals surface area contributed by atoms with E-state index >= 15 is 0 Å². The van der Waals surface area contributed by atoms with Crippen molar-refractivity contribution in [1.29, 1.82) is 0 Å². The fourth-order valence-corrected chi connectivity index (χ4v) is 2.01. The third-order valence-electron chi connectivity index (χ3n) is 3.05. The molecule has 1 aliphatic carbocycles. The van der Waals surface area contributed by atoms with Gasteiger partial charge in [-0.1, -0.05) is 30.3 Å². The van der Waals surface area contributed by atoms with Crippen LogP contribution in [0.3, 0.4) is 0 Å². The van der Waals surface area contributed by atoms with E-state index in [1.807, 2.05) is 0 Å². The van der Waals surface area contributed by atoms with E-state index in [2.05, 4.69) is 68.0 Å². The Hall–Kier alpha value is -3.42. The van der Waals surface area contributed by atoms with Crippen LogP contribution in [0.1, 0.15) is 39.0 Å². The molecule has 0 spiro atoms. The van der Waals surface area contributed by atoms with Crippen LogP contribution in [0, 0.1) is 59.7 Å². The van der Waals surface area contributed by atoms with Gasteiger partial charge in [0.2, 0.25) is 0 Å². The second-order valence-corrected chi connectivity index (χ2v) is 4.54. The molecular formula is C19H17N3O2. The Bertz CT molecular complexity index is 762. The molecule has 0 saturated heterocycles. The van der Waals surface area contributed by atoms with E-state index in [-0.39, 0.29) is 0 Å². The summed E-state index contributed by atoms with van der Waals surface area (Å²) in [6, 6.07) is 0. The maximum absolute atomic E-state index is 11.4. The first-order valence-corrected chi connectivity index (χ1v) is 7.19. The van der Waals surface area contributed by atoms with Crippen molar-refractivity contribution in [1.82, 2.24) is 0 Å². The minimum Gasteiger partial charge on any atom is -0.468 e. The molecule has 0 aromatic heterocycles. The fraction of sp³-hybridized carbons (Fsp3) is 0.421. The summed E-state index contributed by atoms with van der Waals surface area (Å²) >= 11 is 0. The smallest absolute Gasteiger partial charge is 0.317 e. The largest absolute Gasteiger partial charge is 0.468 e. The molecule has 0 unspecified atom stereocenters. The minimum absolute atomic E-state index is 0.398. The van der Waals surface area contributed by atoms with Crippen LogP contribution in [0.4, 0.5) is 0 Å². The predicted octanol–water partition coefficient (Wildman–Crippen LogP) is 2.83. The van der Waals surface area contributed by atoms with Crippen LogP contribution < -0.4 is 0 Å². The lowest BCUT2D eigenvalue weighted by Gasteiger charge is -2.29. The highest BCUT2D eigenvalue weighted by atomic mass is 16.5. The number of carbonyl (C=O) groups excluding carboxylic acids is 1. The van der Waals surface area contributed by atoms with Crippen molar-refractivity contribution in [3.05, 3.63) is 10.4 Å². The van der Waals surface area contributed by atoms with E-state index in [4.69, 9.17) is 12.0 Å². The minimum atomic E-state index is -0.915. The summed E-state index contributed by atoms with van der Waals surface area (Å²) in [5, 5.41) is 3.59. The van der Waals surface area contributed by atoms with Crippen molar-refractivity contribution in [2.75, 3.05) is 7.11 Å². The summed E-state index contributed by atoms with van der Waals surface area (Å²) in [6.45, 7) is 1.71. The van der Waals surface area contributed by atoms with Gasteiger partial charge in [-0.05, 0) is 72.7 Å². The van der Waals surface area contributed by atoms with E-state index in [9.17, 15) is 4.79 Å². The molecule has 1 aliphatic rings. The van der Waals surface area contributed by atoms with E-state index in [0.717, 1.165) is 19.3 Å². The number of methoxy groups -OCH3 is 1. The third kappa shape index (κ3) is 8.13. The number of esters is 1. The van der Waals surface area contributed by atoms with Crippen molar-refractivity contribution in [3.63, 3.8) is 0 Å². The molecule has 1 fully saturated rings. The van der Waals surface area contributed by atoms with Gasteiger partial charge in [-0.3, -0.25) is 4.79 Å². The SMILES string of the molecule is C#CC#CC#CC#CC#CC.COC(=O)C1(N=[N+]=[N-])CCCCC1. The lowest BCUT2D eigenvalue weighted by molar-refractivity contribution is -0.148. The quantitative estimate of drug-likeness (QED) is 0.258. The molecule has 0 N–H and O–H groups in total. The molecule has 0 heterocycles. The molecule has 5 nitrogen and oxygen atoms in total. The topological polar surface area (TPSA) is 75.1 Å². The van der Waals surface area contributed by atoms with Crippen LogP contribution in [0.25, 0.3) is 10.4 Å². The molecule has 0 aromatic rings. The average molecular weight is 319 g/mol. The molecule has 1 rings (SSSR count). The summed E-state index contributed by atoms with van der Waals surface area (Å²) < 4.78 is 4.64. The molecule has 0 aliphatic heterocycles. The number of hydrogen-bond acceptors (Lipinski definition) is 3. The van der Waals surface area contributed by atoms with Gasteiger partial charge in [0.25, 0.3) is 0 Å². The molecule has 5 heteroatoms. The molecule has 1 saturated carbocycles. The number of carbonyl (C=O) groups is 1. The normalized spacial score (nSPS) is 12.5. The first-order valence-electron chi connectivity index (χ1n) is 7.19. The van der Waals surface area contributed by atoms with Crippen molar-refractivity contribution in [3.8, 4) is 59.7 Å². The van der Waals surface area contributed by atoms with Gasteiger partial charge in [-0.15, -0.1) is 6.42 Å². The van der Waals surface area contributed by atoms with Crippen LogP contribution in [0.2, 0.25) is 0 Å². The van der Waals surface area contributed by atoms with Crippen molar-refractivity contribution >= 4 is 5.97 Å².